The van der Waals surface area contributed by atoms with Gasteiger partial charge >= 0.3 is 0 Å². The number of benzene rings is 2. The van der Waals surface area contributed by atoms with Crippen LogP contribution in [0, 0.1) is 6.92 Å². The number of aryl methyl sites for hydroxylation is 1. The van der Waals surface area contributed by atoms with Crippen LogP contribution in [0.5, 0.6) is 5.75 Å². The number of carbonyl (C=O) groups is 1. The van der Waals surface area contributed by atoms with Gasteiger partial charge < -0.3 is 14.8 Å². The second-order valence-corrected chi connectivity index (χ2v) is 4.89. The minimum atomic E-state index is -0.135. The maximum absolute atomic E-state index is 12.1. The van der Waals surface area contributed by atoms with Crippen molar-refractivity contribution in [1.29, 1.82) is 0 Å². The number of carbonyl (C=O) groups excluding carboxylic acids is 1. The van der Waals surface area contributed by atoms with Crippen molar-refractivity contribution in [1.82, 2.24) is 0 Å². The van der Waals surface area contributed by atoms with E-state index in [0.29, 0.717) is 25.4 Å². The van der Waals surface area contributed by atoms with Gasteiger partial charge in [-0.1, -0.05) is 17.7 Å². The van der Waals surface area contributed by atoms with Gasteiger partial charge in [0, 0.05) is 17.9 Å². The van der Waals surface area contributed by atoms with Crippen LogP contribution in [-0.4, -0.2) is 25.7 Å². The highest BCUT2D eigenvalue weighted by Gasteiger charge is 2.06. The fourth-order valence-corrected chi connectivity index (χ4v) is 1.91. The summed E-state index contributed by atoms with van der Waals surface area (Å²) in [7, 11) is 0. The van der Waals surface area contributed by atoms with Gasteiger partial charge in [0.25, 0.3) is 5.91 Å². The molecule has 0 aliphatic rings. The number of hydrogen-bond donors (Lipinski definition) is 1. The zero-order chi connectivity index (χ0) is 15.8. The maximum atomic E-state index is 12.1. The normalized spacial score (nSPS) is 10.3. The summed E-state index contributed by atoms with van der Waals surface area (Å²) in [4.78, 5) is 12.1. The molecule has 2 aromatic carbocycles. The van der Waals surface area contributed by atoms with Gasteiger partial charge in [-0.15, -0.1) is 0 Å². The number of nitrogens with one attached hydrogen (secondary N) is 1. The molecule has 0 fully saturated rings. The summed E-state index contributed by atoms with van der Waals surface area (Å²) in [5.74, 6) is 0.594. The minimum Gasteiger partial charge on any atom is -0.491 e. The SMILES string of the molecule is CCOCCOc1ccc(C(=O)Nc2ccc(C)cc2)cc1. The van der Waals surface area contributed by atoms with Crippen LogP contribution in [0.15, 0.2) is 48.5 Å². The standard InChI is InChI=1S/C18H21NO3/c1-3-21-12-13-22-17-10-6-15(7-11-17)18(20)19-16-8-4-14(2)5-9-16/h4-11H,3,12-13H2,1-2H3,(H,19,20). The Morgan fingerprint density at radius 3 is 2.32 bits per heavy atom. The van der Waals surface area contributed by atoms with Gasteiger partial charge in [0.15, 0.2) is 0 Å². The molecular formula is C18H21NO3. The van der Waals surface area contributed by atoms with E-state index in [4.69, 9.17) is 9.47 Å². The molecule has 0 atom stereocenters. The van der Waals surface area contributed by atoms with Crippen molar-refractivity contribution in [2.45, 2.75) is 13.8 Å². The molecule has 4 heteroatoms. The molecule has 0 aromatic heterocycles. The van der Waals surface area contributed by atoms with Gasteiger partial charge in [0.1, 0.15) is 12.4 Å². The Kier molecular flexibility index (Phi) is 5.98. The number of anilines is 1. The van der Waals surface area contributed by atoms with E-state index < -0.39 is 0 Å². The zero-order valence-corrected chi connectivity index (χ0v) is 13.0. The second kappa shape index (κ2) is 8.20. The lowest BCUT2D eigenvalue weighted by Crippen LogP contribution is -2.12. The molecular weight excluding hydrogens is 278 g/mol. The first-order valence-corrected chi connectivity index (χ1v) is 7.37. The van der Waals surface area contributed by atoms with E-state index in [1.54, 1.807) is 24.3 Å². The van der Waals surface area contributed by atoms with Gasteiger partial charge in [-0.3, -0.25) is 4.79 Å². The van der Waals surface area contributed by atoms with Crippen LogP contribution in [0.25, 0.3) is 0 Å². The average Bonchev–Trinajstić information content (AvgIpc) is 2.54. The first-order valence-electron chi connectivity index (χ1n) is 7.37. The number of rotatable bonds is 7. The molecule has 0 bridgehead atoms. The Morgan fingerprint density at radius 2 is 1.68 bits per heavy atom. The van der Waals surface area contributed by atoms with Crippen LogP contribution in [0.2, 0.25) is 0 Å². The highest BCUT2D eigenvalue weighted by Crippen LogP contribution is 2.14. The smallest absolute Gasteiger partial charge is 0.255 e. The Morgan fingerprint density at radius 1 is 1.00 bits per heavy atom. The van der Waals surface area contributed by atoms with Crippen molar-refractivity contribution in [3.8, 4) is 5.75 Å². The van der Waals surface area contributed by atoms with E-state index in [2.05, 4.69) is 5.32 Å². The van der Waals surface area contributed by atoms with E-state index in [1.807, 2.05) is 38.1 Å². The van der Waals surface area contributed by atoms with Crippen molar-refractivity contribution in [2.24, 2.45) is 0 Å². The first kappa shape index (κ1) is 16.0. The lowest BCUT2D eigenvalue weighted by molar-refractivity contribution is 0.102. The molecule has 0 saturated carbocycles. The third-order valence-corrected chi connectivity index (χ3v) is 3.13. The fraction of sp³-hybridized carbons (Fsp3) is 0.278. The Hall–Kier alpha value is -2.33. The van der Waals surface area contributed by atoms with Crippen LogP contribution < -0.4 is 10.1 Å². The van der Waals surface area contributed by atoms with Gasteiger partial charge in [-0.2, -0.15) is 0 Å². The molecule has 1 N–H and O–H groups in total. The molecule has 4 nitrogen and oxygen atoms in total. The molecule has 0 saturated heterocycles. The first-order chi connectivity index (χ1) is 10.7. The molecule has 0 spiro atoms. The van der Waals surface area contributed by atoms with Gasteiger partial charge in [0.05, 0.1) is 6.61 Å². The highest BCUT2D eigenvalue weighted by molar-refractivity contribution is 6.04. The average molecular weight is 299 g/mol. The number of ether oxygens (including phenoxy) is 2. The number of hydrogen-bond acceptors (Lipinski definition) is 3. The van der Waals surface area contributed by atoms with E-state index in [0.717, 1.165) is 17.0 Å². The Bertz CT molecular complexity index is 591. The van der Waals surface area contributed by atoms with Crippen LogP contribution in [0.4, 0.5) is 5.69 Å². The lowest BCUT2D eigenvalue weighted by Gasteiger charge is -2.08. The molecule has 0 aliphatic heterocycles. The van der Waals surface area contributed by atoms with Crippen molar-refractivity contribution in [3.63, 3.8) is 0 Å². The minimum absolute atomic E-state index is 0.135. The Balaban J connectivity index is 1.89. The maximum Gasteiger partial charge on any atom is 0.255 e. The predicted molar refractivity (Wildman–Crippen MR) is 87.6 cm³/mol. The van der Waals surface area contributed by atoms with Crippen LogP contribution in [0.3, 0.4) is 0 Å². The lowest BCUT2D eigenvalue weighted by atomic mass is 10.2. The molecule has 1 amide bonds. The molecule has 2 rings (SSSR count). The van der Waals surface area contributed by atoms with E-state index >= 15 is 0 Å². The second-order valence-electron chi connectivity index (χ2n) is 4.89. The largest absolute Gasteiger partial charge is 0.491 e. The summed E-state index contributed by atoms with van der Waals surface area (Å²) in [5.41, 5.74) is 2.54. The molecule has 0 unspecified atom stereocenters. The van der Waals surface area contributed by atoms with Crippen molar-refractivity contribution in [3.05, 3.63) is 59.7 Å². The third-order valence-electron chi connectivity index (χ3n) is 3.13. The zero-order valence-electron chi connectivity index (χ0n) is 13.0. The van der Waals surface area contributed by atoms with Crippen LogP contribution >= 0.6 is 0 Å². The van der Waals surface area contributed by atoms with Gasteiger partial charge in [0.2, 0.25) is 0 Å². The van der Waals surface area contributed by atoms with Gasteiger partial charge in [-0.05, 0) is 50.2 Å². The molecule has 0 heterocycles. The highest BCUT2D eigenvalue weighted by atomic mass is 16.5. The van der Waals surface area contributed by atoms with E-state index in [1.165, 1.54) is 0 Å². The molecule has 0 radical (unpaired) electrons. The number of amides is 1. The Labute approximate surface area is 131 Å². The summed E-state index contributed by atoms with van der Waals surface area (Å²) < 4.78 is 10.7. The monoisotopic (exact) mass is 299 g/mol. The van der Waals surface area contributed by atoms with E-state index in [9.17, 15) is 4.79 Å². The summed E-state index contributed by atoms with van der Waals surface area (Å²) >= 11 is 0. The molecule has 2 aromatic rings. The van der Waals surface area contributed by atoms with Crippen LogP contribution in [-0.2, 0) is 4.74 Å². The third kappa shape index (κ3) is 4.90. The van der Waals surface area contributed by atoms with Crippen LogP contribution in [0.1, 0.15) is 22.8 Å². The molecule has 116 valence electrons. The molecule has 22 heavy (non-hydrogen) atoms. The summed E-state index contributed by atoms with van der Waals surface area (Å²) in [6, 6.07) is 14.8. The quantitative estimate of drug-likeness (QED) is 0.794. The summed E-state index contributed by atoms with van der Waals surface area (Å²) in [6.07, 6.45) is 0. The summed E-state index contributed by atoms with van der Waals surface area (Å²) in [6.45, 7) is 5.70. The summed E-state index contributed by atoms with van der Waals surface area (Å²) in [5, 5.41) is 2.87. The van der Waals surface area contributed by atoms with E-state index in [-0.39, 0.29) is 5.91 Å². The predicted octanol–water partition coefficient (Wildman–Crippen LogP) is 3.66. The molecule has 0 aliphatic carbocycles. The topological polar surface area (TPSA) is 47.6 Å². The van der Waals surface area contributed by atoms with Crippen molar-refractivity contribution < 1.29 is 14.3 Å². The van der Waals surface area contributed by atoms with Gasteiger partial charge in [-0.25, -0.2) is 0 Å². The van der Waals surface area contributed by atoms with Crippen molar-refractivity contribution in [2.75, 3.05) is 25.1 Å². The fourth-order valence-electron chi connectivity index (χ4n) is 1.91. The van der Waals surface area contributed by atoms with Crippen molar-refractivity contribution >= 4 is 11.6 Å².